The number of thiophene rings is 1. The molecule has 0 amide bonds. The van der Waals surface area contributed by atoms with Gasteiger partial charge in [0.05, 0.1) is 13.2 Å². The van der Waals surface area contributed by atoms with Gasteiger partial charge in [0.1, 0.15) is 4.21 Å². The molecule has 2 aromatic heterocycles. The maximum absolute atomic E-state index is 12.6. The van der Waals surface area contributed by atoms with Crippen molar-refractivity contribution in [2.45, 2.75) is 10.8 Å². The van der Waals surface area contributed by atoms with Crippen LogP contribution in [0.2, 0.25) is 0 Å². The maximum atomic E-state index is 12.6. The average Bonchev–Trinajstić information content (AvgIpc) is 3.36. The first-order valence-electron chi connectivity index (χ1n) is 8.51. The molecule has 1 aromatic carbocycles. The highest BCUT2D eigenvalue weighted by Gasteiger charge is 2.19. The molecule has 5 nitrogen and oxygen atoms in total. The molecule has 0 aliphatic carbocycles. The van der Waals surface area contributed by atoms with E-state index in [9.17, 15) is 8.42 Å². The van der Waals surface area contributed by atoms with Crippen molar-refractivity contribution in [3.63, 3.8) is 0 Å². The van der Waals surface area contributed by atoms with Gasteiger partial charge in [-0.15, -0.1) is 11.3 Å². The molecule has 136 valence electrons. The molecular formula is C19H20N2O3S2. The van der Waals surface area contributed by atoms with E-state index in [1.807, 2.05) is 6.07 Å². The molecule has 7 heteroatoms. The Bertz CT molecular complexity index is 955. The van der Waals surface area contributed by atoms with Gasteiger partial charge < -0.3 is 4.74 Å². The lowest BCUT2D eigenvalue weighted by Crippen LogP contribution is -2.35. The molecule has 0 N–H and O–H groups in total. The van der Waals surface area contributed by atoms with E-state index in [4.69, 9.17) is 4.74 Å². The van der Waals surface area contributed by atoms with Gasteiger partial charge in [0.25, 0.3) is 10.0 Å². The third-order valence-electron chi connectivity index (χ3n) is 4.44. The van der Waals surface area contributed by atoms with Crippen molar-refractivity contribution >= 4 is 21.4 Å². The number of ether oxygens (including phenoxy) is 1. The second-order valence-electron chi connectivity index (χ2n) is 6.22. The van der Waals surface area contributed by atoms with Gasteiger partial charge in [-0.05, 0) is 35.4 Å². The van der Waals surface area contributed by atoms with Crippen molar-refractivity contribution in [1.82, 2.24) is 8.87 Å². The molecular weight excluding hydrogens is 368 g/mol. The Morgan fingerprint density at radius 1 is 0.962 bits per heavy atom. The first-order valence-corrected chi connectivity index (χ1v) is 10.8. The minimum Gasteiger partial charge on any atom is -0.379 e. The zero-order chi connectivity index (χ0) is 18.0. The molecule has 0 atom stereocenters. The molecule has 1 saturated heterocycles. The van der Waals surface area contributed by atoms with E-state index < -0.39 is 10.0 Å². The van der Waals surface area contributed by atoms with E-state index in [0.717, 1.165) is 43.3 Å². The van der Waals surface area contributed by atoms with Gasteiger partial charge in [-0.2, -0.15) is 8.42 Å². The number of benzene rings is 1. The van der Waals surface area contributed by atoms with E-state index >= 15 is 0 Å². The number of aromatic nitrogens is 1. The van der Waals surface area contributed by atoms with Crippen LogP contribution in [0.5, 0.6) is 0 Å². The summed E-state index contributed by atoms with van der Waals surface area (Å²) in [4.78, 5) is 3.33. The first kappa shape index (κ1) is 17.5. The van der Waals surface area contributed by atoms with Crippen LogP contribution in [-0.2, 0) is 21.3 Å². The van der Waals surface area contributed by atoms with Gasteiger partial charge >= 0.3 is 0 Å². The second kappa shape index (κ2) is 7.36. The zero-order valence-electron chi connectivity index (χ0n) is 14.2. The predicted octanol–water partition coefficient (Wildman–Crippen LogP) is 3.29. The molecule has 0 radical (unpaired) electrons. The average molecular weight is 389 g/mol. The van der Waals surface area contributed by atoms with E-state index in [0.29, 0.717) is 4.21 Å². The topological polar surface area (TPSA) is 51.5 Å². The Balaban J connectivity index is 1.51. The van der Waals surface area contributed by atoms with Gasteiger partial charge in [0, 0.05) is 36.9 Å². The quantitative estimate of drug-likeness (QED) is 0.673. The Kier molecular flexibility index (Phi) is 4.95. The van der Waals surface area contributed by atoms with Crippen molar-refractivity contribution in [1.29, 1.82) is 0 Å². The summed E-state index contributed by atoms with van der Waals surface area (Å²) >= 11 is 1.30. The highest BCUT2D eigenvalue weighted by Crippen LogP contribution is 2.32. The molecule has 3 aromatic rings. The van der Waals surface area contributed by atoms with E-state index in [-0.39, 0.29) is 0 Å². The number of hydrogen-bond acceptors (Lipinski definition) is 5. The lowest BCUT2D eigenvalue weighted by atomic mass is 10.1. The summed E-state index contributed by atoms with van der Waals surface area (Å²) in [6.45, 7) is 4.44. The van der Waals surface area contributed by atoms with Crippen LogP contribution in [0.1, 0.15) is 5.56 Å². The molecule has 0 saturated carbocycles. The summed E-state index contributed by atoms with van der Waals surface area (Å²) in [6, 6.07) is 15.3. The minimum absolute atomic E-state index is 0.348. The highest BCUT2D eigenvalue weighted by atomic mass is 32.2. The molecule has 4 rings (SSSR count). The van der Waals surface area contributed by atoms with Crippen molar-refractivity contribution in [2.24, 2.45) is 0 Å². The van der Waals surface area contributed by atoms with Crippen LogP contribution in [0.15, 0.2) is 65.1 Å². The van der Waals surface area contributed by atoms with Gasteiger partial charge in [-0.1, -0.05) is 24.3 Å². The fourth-order valence-corrected chi connectivity index (χ4v) is 5.59. The SMILES string of the molecule is O=S(=O)(c1ccc(-c2ccc(CN3CCOCC3)cc2)s1)n1cccc1. The molecule has 1 fully saturated rings. The monoisotopic (exact) mass is 388 g/mol. The molecule has 1 aliphatic heterocycles. The predicted molar refractivity (Wildman–Crippen MR) is 103 cm³/mol. The third-order valence-corrected chi connectivity index (χ3v) is 7.69. The largest absolute Gasteiger partial charge is 0.379 e. The zero-order valence-corrected chi connectivity index (χ0v) is 15.9. The van der Waals surface area contributed by atoms with Crippen LogP contribution in [0.4, 0.5) is 0 Å². The van der Waals surface area contributed by atoms with Gasteiger partial charge in [0.2, 0.25) is 0 Å². The Hall–Kier alpha value is -1.93. The van der Waals surface area contributed by atoms with Crippen molar-refractivity contribution < 1.29 is 13.2 Å². The van der Waals surface area contributed by atoms with Gasteiger partial charge in [0.15, 0.2) is 0 Å². The van der Waals surface area contributed by atoms with Crippen molar-refractivity contribution in [2.75, 3.05) is 26.3 Å². The van der Waals surface area contributed by atoms with Crippen LogP contribution in [0.25, 0.3) is 10.4 Å². The summed E-state index contributed by atoms with van der Waals surface area (Å²) in [6.07, 6.45) is 3.10. The third kappa shape index (κ3) is 3.61. The molecule has 3 heterocycles. The summed E-state index contributed by atoms with van der Waals surface area (Å²) in [7, 11) is -3.49. The molecule has 26 heavy (non-hydrogen) atoms. The normalized spacial score (nSPS) is 16.0. The number of rotatable bonds is 5. The van der Waals surface area contributed by atoms with Crippen molar-refractivity contribution in [3.05, 3.63) is 66.5 Å². The molecule has 0 bridgehead atoms. The lowest BCUT2D eigenvalue weighted by molar-refractivity contribution is 0.0342. The smallest absolute Gasteiger partial charge is 0.277 e. The van der Waals surface area contributed by atoms with Crippen molar-refractivity contribution in [3.8, 4) is 10.4 Å². The van der Waals surface area contributed by atoms with E-state index in [1.165, 1.54) is 20.9 Å². The van der Waals surface area contributed by atoms with Gasteiger partial charge in [-0.3, -0.25) is 4.90 Å². The van der Waals surface area contributed by atoms with E-state index in [2.05, 4.69) is 29.2 Å². The number of nitrogens with zero attached hydrogens (tertiary/aromatic N) is 2. The first-order chi connectivity index (χ1) is 12.6. The minimum atomic E-state index is -3.49. The highest BCUT2D eigenvalue weighted by molar-refractivity contribution is 7.92. The number of morpholine rings is 1. The number of hydrogen-bond donors (Lipinski definition) is 0. The fourth-order valence-electron chi connectivity index (χ4n) is 2.99. The Morgan fingerprint density at radius 2 is 1.65 bits per heavy atom. The Morgan fingerprint density at radius 3 is 2.35 bits per heavy atom. The maximum Gasteiger partial charge on any atom is 0.277 e. The summed E-state index contributed by atoms with van der Waals surface area (Å²) < 4.78 is 32.1. The standard InChI is InChI=1S/C19H20N2O3S2/c22-26(23,21-9-1-2-10-21)19-8-7-18(25-19)17-5-3-16(4-6-17)15-20-11-13-24-14-12-20/h1-10H,11-15H2. The van der Waals surface area contributed by atoms with E-state index in [1.54, 1.807) is 30.6 Å². The van der Waals surface area contributed by atoms with Crippen LogP contribution in [0, 0.1) is 0 Å². The lowest BCUT2D eigenvalue weighted by Gasteiger charge is -2.26. The summed E-state index contributed by atoms with van der Waals surface area (Å²) in [5.41, 5.74) is 2.29. The summed E-state index contributed by atoms with van der Waals surface area (Å²) in [5.74, 6) is 0. The Labute approximate surface area is 157 Å². The van der Waals surface area contributed by atoms with Crippen LogP contribution < -0.4 is 0 Å². The van der Waals surface area contributed by atoms with Crippen LogP contribution >= 0.6 is 11.3 Å². The fraction of sp³-hybridized carbons (Fsp3) is 0.263. The van der Waals surface area contributed by atoms with Gasteiger partial charge in [-0.25, -0.2) is 3.97 Å². The summed E-state index contributed by atoms with van der Waals surface area (Å²) in [5, 5.41) is 0. The molecule has 0 spiro atoms. The molecule has 0 unspecified atom stereocenters. The van der Waals surface area contributed by atoms with Crippen LogP contribution in [0.3, 0.4) is 0 Å². The van der Waals surface area contributed by atoms with Crippen LogP contribution in [-0.4, -0.2) is 43.6 Å². The second-order valence-corrected chi connectivity index (χ2v) is 9.38. The molecule has 1 aliphatic rings.